The normalized spacial score (nSPS) is 10.8. The highest BCUT2D eigenvalue weighted by molar-refractivity contribution is 6.06. The van der Waals surface area contributed by atoms with Gasteiger partial charge in [-0.1, -0.05) is 18.2 Å². The molecule has 0 atom stereocenters. The van der Waals surface area contributed by atoms with E-state index in [4.69, 9.17) is 4.42 Å². The molecular formula is C16H13NO3. The third kappa shape index (κ3) is 2.16. The topological polar surface area (TPSA) is 52.2 Å². The van der Waals surface area contributed by atoms with E-state index in [9.17, 15) is 9.59 Å². The molecule has 0 aliphatic heterocycles. The number of rotatable bonds is 3. The molecule has 0 amide bonds. The van der Waals surface area contributed by atoms with E-state index < -0.39 is 0 Å². The molecule has 0 fully saturated rings. The van der Waals surface area contributed by atoms with Crippen LogP contribution in [0.5, 0.6) is 0 Å². The quantitative estimate of drug-likeness (QED) is 0.686. The summed E-state index contributed by atoms with van der Waals surface area (Å²) in [6, 6.07) is 10.7. The maximum atomic E-state index is 12.3. The Balaban J connectivity index is 1.95. The number of hydrogen-bond acceptors (Lipinski definition) is 3. The summed E-state index contributed by atoms with van der Waals surface area (Å²) in [6.07, 6.45) is 3.09. The Morgan fingerprint density at radius 2 is 2.05 bits per heavy atom. The van der Waals surface area contributed by atoms with Crippen molar-refractivity contribution in [3.63, 3.8) is 0 Å². The molecule has 0 radical (unpaired) electrons. The Kier molecular flexibility index (Phi) is 2.99. The van der Waals surface area contributed by atoms with Crippen molar-refractivity contribution in [2.45, 2.75) is 13.5 Å². The highest BCUT2D eigenvalue weighted by atomic mass is 16.3. The van der Waals surface area contributed by atoms with Gasteiger partial charge in [0.05, 0.1) is 12.1 Å². The van der Waals surface area contributed by atoms with Crippen LogP contribution in [0.3, 0.4) is 0 Å². The van der Waals surface area contributed by atoms with Crippen LogP contribution in [0.15, 0.2) is 58.1 Å². The number of ketones is 1. The molecular weight excluding hydrogens is 254 g/mol. The Morgan fingerprint density at radius 1 is 1.25 bits per heavy atom. The fourth-order valence-electron chi connectivity index (χ4n) is 2.17. The minimum atomic E-state index is -0.175. The maximum absolute atomic E-state index is 12.3. The number of nitrogens with zero attached hydrogens (tertiary/aromatic N) is 1. The second kappa shape index (κ2) is 4.81. The molecule has 2 aromatic heterocycles. The minimum Gasteiger partial charge on any atom is -0.464 e. The number of carbonyl (C=O) groups excluding carboxylic acids is 1. The number of carbonyl (C=O) groups is 1. The van der Waals surface area contributed by atoms with Crippen molar-refractivity contribution >= 4 is 16.8 Å². The molecule has 20 heavy (non-hydrogen) atoms. The van der Waals surface area contributed by atoms with E-state index in [1.807, 2.05) is 37.3 Å². The van der Waals surface area contributed by atoms with Crippen LogP contribution in [0.25, 0.3) is 11.0 Å². The SMILES string of the molecule is Cc1ccn(CC(=O)c2coc3ccccc23)c(=O)c1. The number of fused-ring (bicyclic) bond motifs is 1. The molecule has 3 rings (SSSR count). The molecule has 0 spiro atoms. The van der Waals surface area contributed by atoms with Crippen LogP contribution >= 0.6 is 0 Å². The first-order valence-electron chi connectivity index (χ1n) is 6.32. The fourth-order valence-corrected chi connectivity index (χ4v) is 2.17. The number of benzene rings is 1. The summed E-state index contributed by atoms with van der Waals surface area (Å²) in [5, 5.41) is 0.776. The van der Waals surface area contributed by atoms with Crippen LogP contribution in [0.4, 0.5) is 0 Å². The van der Waals surface area contributed by atoms with Crippen molar-refractivity contribution in [1.29, 1.82) is 0 Å². The lowest BCUT2D eigenvalue weighted by atomic mass is 10.1. The molecule has 0 aliphatic carbocycles. The predicted octanol–water partition coefficient (Wildman–Crippen LogP) is 2.79. The molecule has 4 heteroatoms. The predicted molar refractivity (Wildman–Crippen MR) is 76.0 cm³/mol. The number of aromatic nitrogens is 1. The Hall–Kier alpha value is -2.62. The van der Waals surface area contributed by atoms with Gasteiger partial charge in [0, 0.05) is 17.6 Å². The van der Waals surface area contributed by atoms with Crippen LogP contribution < -0.4 is 5.56 Å². The molecule has 1 aromatic carbocycles. The average Bonchev–Trinajstić information content (AvgIpc) is 2.86. The summed E-state index contributed by atoms with van der Waals surface area (Å²) in [4.78, 5) is 24.1. The van der Waals surface area contributed by atoms with E-state index in [-0.39, 0.29) is 17.9 Å². The first kappa shape index (κ1) is 12.4. The van der Waals surface area contributed by atoms with Gasteiger partial charge >= 0.3 is 0 Å². The largest absolute Gasteiger partial charge is 0.464 e. The van der Waals surface area contributed by atoms with E-state index in [0.717, 1.165) is 10.9 Å². The second-order valence-corrected chi connectivity index (χ2v) is 4.74. The summed E-state index contributed by atoms with van der Waals surface area (Å²) in [5.74, 6) is -0.138. The Labute approximate surface area is 115 Å². The number of aryl methyl sites for hydroxylation is 1. The zero-order chi connectivity index (χ0) is 14.1. The molecule has 0 unspecified atom stereocenters. The molecule has 0 aliphatic rings. The molecule has 0 saturated heterocycles. The number of Topliss-reactive ketones (excluding diaryl/α,β-unsaturated/α-hetero) is 1. The molecule has 2 heterocycles. The van der Waals surface area contributed by atoms with Crippen LogP contribution in [0.2, 0.25) is 0 Å². The van der Waals surface area contributed by atoms with E-state index in [2.05, 4.69) is 0 Å². The number of para-hydroxylation sites is 1. The highest BCUT2D eigenvalue weighted by Crippen LogP contribution is 2.21. The first-order chi connectivity index (χ1) is 9.65. The third-order valence-electron chi connectivity index (χ3n) is 3.25. The minimum absolute atomic E-state index is 0.0165. The third-order valence-corrected chi connectivity index (χ3v) is 3.25. The maximum Gasteiger partial charge on any atom is 0.251 e. The van der Waals surface area contributed by atoms with E-state index in [1.54, 1.807) is 6.20 Å². The molecule has 0 bridgehead atoms. The van der Waals surface area contributed by atoms with Gasteiger partial charge in [0.2, 0.25) is 0 Å². The smallest absolute Gasteiger partial charge is 0.251 e. The van der Waals surface area contributed by atoms with Gasteiger partial charge in [-0.3, -0.25) is 9.59 Å². The lowest BCUT2D eigenvalue weighted by molar-refractivity contribution is 0.0971. The summed E-state index contributed by atoms with van der Waals surface area (Å²) in [5.41, 5.74) is 1.89. The molecule has 100 valence electrons. The van der Waals surface area contributed by atoms with E-state index >= 15 is 0 Å². The van der Waals surface area contributed by atoms with Crippen molar-refractivity contribution in [3.8, 4) is 0 Å². The summed E-state index contributed by atoms with van der Waals surface area (Å²) < 4.78 is 6.75. The second-order valence-electron chi connectivity index (χ2n) is 4.74. The van der Waals surface area contributed by atoms with E-state index in [0.29, 0.717) is 11.1 Å². The van der Waals surface area contributed by atoms with Crippen molar-refractivity contribution < 1.29 is 9.21 Å². The summed E-state index contributed by atoms with van der Waals surface area (Å²) in [6.45, 7) is 1.86. The van der Waals surface area contributed by atoms with Gasteiger partial charge < -0.3 is 8.98 Å². The summed E-state index contributed by atoms with van der Waals surface area (Å²) in [7, 11) is 0. The highest BCUT2D eigenvalue weighted by Gasteiger charge is 2.14. The van der Waals surface area contributed by atoms with Gasteiger partial charge in [-0.2, -0.15) is 0 Å². The molecule has 4 nitrogen and oxygen atoms in total. The Bertz CT molecular complexity index is 842. The molecule has 0 saturated carbocycles. The van der Waals surface area contributed by atoms with Crippen LogP contribution in [0, 0.1) is 6.92 Å². The first-order valence-corrected chi connectivity index (χ1v) is 6.32. The molecule has 0 N–H and O–H groups in total. The number of furan rings is 1. The van der Waals surface area contributed by atoms with Crippen molar-refractivity contribution in [2.24, 2.45) is 0 Å². The van der Waals surface area contributed by atoms with Crippen LogP contribution in [-0.2, 0) is 6.54 Å². The fraction of sp³-hybridized carbons (Fsp3) is 0.125. The van der Waals surface area contributed by atoms with Gasteiger partial charge in [-0.15, -0.1) is 0 Å². The van der Waals surface area contributed by atoms with Gasteiger partial charge in [-0.25, -0.2) is 0 Å². The Morgan fingerprint density at radius 3 is 2.85 bits per heavy atom. The van der Waals surface area contributed by atoms with Crippen LogP contribution in [-0.4, -0.2) is 10.4 Å². The zero-order valence-corrected chi connectivity index (χ0v) is 11.0. The number of hydrogen-bond donors (Lipinski definition) is 0. The van der Waals surface area contributed by atoms with Gasteiger partial charge in [0.15, 0.2) is 5.78 Å². The molecule has 3 aromatic rings. The number of pyridine rings is 1. The van der Waals surface area contributed by atoms with Gasteiger partial charge in [0.1, 0.15) is 11.8 Å². The summed E-state index contributed by atoms with van der Waals surface area (Å²) >= 11 is 0. The lowest BCUT2D eigenvalue weighted by Crippen LogP contribution is -2.23. The standard InChI is InChI=1S/C16H13NO3/c1-11-6-7-17(16(19)8-11)9-14(18)13-10-20-15-5-3-2-4-12(13)15/h2-8,10H,9H2,1H3. The monoisotopic (exact) mass is 267 g/mol. The van der Waals surface area contributed by atoms with Gasteiger partial charge in [-0.05, 0) is 24.6 Å². The van der Waals surface area contributed by atoms with Crippen molar-refractivity contribution in [2.75, 3.05) is 0 Å². The van der Waals surface area contributed by atoms with Crippen molar-refractivity contribution in [3.05, 3.63) is 70.3 Å². The van der Waals surface area contributed by atoms with Crippen molar-refractivity contribution in [1.82, 2.24) is 4.57 Å². The lowest BCUT2D eigenvalue weighted by Gasteiger charge is -2.04. The van der Waals surface area contributed by atoms with E-state index in [1.165, 1.54) is 16.9 Å². The zero-order valence-electron chi connectivity index (χ0n) is 11.0. The van der Waals surface area contributed by atoms with Gasteiger partial charge in [0.25, 0.3) is 5.56 Å². The van der Waals surface area contributed by atoms with Crippen LogP contribution in [0.1, 0.15) is 15.9 Å². The average molecular weight is 267 g/mol.